The molecule has 0 amide bonds. The van der Waals surface area contributed by atoms with Crippen LogP contribution in [0.5, 0.6) is 0 Å². The molecule has 1 atom stereocenters. The number of hydrogen-bond donors (Lipinski definition) is 0. The minimum Gasteiger partial charge on any atom is -0.0654 e. The van der Waals surface area contributed by atoms with Crippen LogP contribution < -0.4 is 0 Å². The molecule has 79 valence electrons. The van der Waals surface area contributed by atoms with Gasteiger partial charge in [-0.2, -0.15) is 0 Å². The van der Waals surface area contributed by atoms with Gasteiger partial charge in [0.25, 0.3) is 0 Å². The van der Waals surface area contributed by atoms with Crippen LogP contribution in [0.4, 0.5) is 0 Å². The summed E-state index contributed by atoms with van der Waals surface area (Å²) in [6.07, 6.45) is 5.49. The summed E-state index contributed by atoms with van der Waals surface area (Å²) < 4.78 is 0. The predicted octanol–water partition coefficient (Wildman–Crippen LogP) is 4.84. The van der Waals surface area contributed by atoms with Gasteiger partial charge in [0, 0.05) is 0 Å². The van der Waals surface area contributed by atoms with Gasteiger partial charge in [-0.05, 0) is 23.7 Å². The van der Waals surface area contributed by atoms with E-state index in [9.17, 15) is 0 Å². The fourth-order valence-corrected chi connectivity index (χ4v) is 2.19. The van der Waals surface area contributed by atoms with Crippen molar-refractivity contribution in [2.45, 2.75) is 67.2 Å². The zero-order valence-corrected chi connectivity index (χ0v) is 10.4. The second-order valence-corrected chi connectivity index (χ2v) is 5.49. The summed E-state index contributed by atoms with van der Waals surface area (Å²) in [6, 6.07) is 0. The zero-order valence-electron chi connectivity index (χ0n) is 10.4. The summed E-state index contributed by atoms with van der Waals surface area (Å²) in [5, 5.41) is 0. The van der Waals surface area contributed by atoms with E-state index in [1.165, 1.54) is 25.7 Å². The summed E-state index contributed by atoms with van der Waals surface area (Å²) in [7, 11) is 0. The van der Waals surface area contributed by atoms with Crippen LogP contribution in [0.1, 0.15) is 67.2 Å². The molecule has 13 heavy (non-hydrogen) atoms. The molecule has 0 saturated heterocycles. The van der Waals surface area contributed by atoms with Gasteiger partial charge >= 0.3 is 0 Å². The highest BCUT2D eigenvalue weighted by Gasteiger charge is 2.26. The maximum atomic E-state index is 2.36. The Bertz CT molecular complexity index is 116. The molecule has 0 aliphatic rings. The fourth-order valence-electron chi connectivity index (χ4n) is 2.19. The van der Waals surface area contributed by atoms with Crippen molar-refractivity contribution in [1.82, 2.24) is 0 Å². The monoisotopic (exact) mass is 183 g/mol. The van der Waals surface area contributed by atoms with Crippen LogP contribution in [0.3, 0.4) is 0 Å². The van der Waals surface area contributed by atoms with Crippen molar-refractivity contribution < 1.29 is 0 Å². The quantitative estimate of drug-likeness (QED) is 0.535. The first-order chi connectivity index (χ1) is 5.89. The van der Waals surface area contributed by atoms with Crippen LogP contribution in [-0.4, -0.2) is 0 Å². The van der Waals surface area contributed by atoms with Crippen LogP contribution >= 0.6 is 0 Å². The third kappa shape index (κ3) is 5.33. The molecule has 0 spiro atoms. The normalized spacial score (nSPS) is 15.0. The first-order valence-corrected chi connectivity index (χ1v) is 5.69. The summed E-state index contributed by atoms with van der Waals surface area (Å²) in [5.74, 6) is 2.41. The van der Waals surface area contributed by atoms with E-state index in [4.69, 9.17) is 0 Å². The smallest absolute Gasteiger partial charge is 0.0267 e. The lowest BCUT2D eigenvalue weighted by atomic mass is 9.72. The molecule has 0 N–H and O–H groups in total. The van der Waals surface area contributed by atoms with Crippen LogP contribution in [-0.2, 0) is 0 Å². The Labute approximate surface area is 85.1 Å². The van der Waals surface area contributed by atoms with Gasteiger partial charge in [-0.1, -0.05) is 60.8 Å². The lowest BCUT2D eigenvalue weighted by molar-refractivity contribution is 0.233. The summed E-state index contributed by atoms with van der Waals surface area (Å²) in [6.45, 7) is 13.9. The van der Waals surface area contributed by atoms with E-state index in [-0.39, 0.29) is 0 Å². The van der Waals surface area contributed by atoms with E-state index in [1.807, 2.05) is 0 Å². The fraction of sp³-hybridized carbons (Fsp3) is 0.923. The van der Waals surface area contributed by atoms with Crippen molar-refractivity contribution in [3.8, 4) is 0 Å². The van der Waals surface area contributed by atoms with Gasteiger partial charge in [-0.25, -0.2) is 0 Å². The molecule has 0 rings (SSSR count). The highest BCUT2D eigenvalue weighted by Crippen LogP contribution is 2.36. The molecule has 0 aliphatic carbocycles. The lowest BCUT2D eigenvalue weighted by Crippen LogP contribution is -2.24. The molecule has 0 bridgehead atoms. The lowest BCUT2D eigenvalue weighted by Gasteiger charge is -2.33. The van der Waals surface area contributed by atoms with Crippen molar-refractivity contribution in [2.75, 3.05) is 0 Å². The van der Waals surface area contributed by atoms with Gasteiger partial charge in [-0.15, -0.1) is 0 Å². The molecule has 0 heteroatoms. The Morgan fingerprint density at radius 1 is 1.08 bits per heavy atom. The first-order valence-electron chi connectivity index (χ1n) is 5.69. The average Bonchev–Trinajstić information content (AvgIpc) is 1.94. The Balaban J connectivity index is 3.97. The molecule has 0 nitrogen and oxygen atoms in total. The highest BCUT2D eigenvalue weighted by atomic mass is 14.3. The van der Waals surface area contributed by atoms with Crippen molar-refractivity contribution in [2.24, 2.45) is 11.3 Å². The van der Waals surface area contributed by atoms with Gasteiger partial charge in [0.2, 0.25) is 0 Å². The molecule has 0 heterocycles. The molecule has 1 radical (unpaired) electrons. The molecule has 0 aromatic rings. The third-order valence-electron chi connectivity index (χ3n) is 2.84. The molecule has 0 fully saturated rings. The van der Waals surface area contributed by atoms with Gasteiger partial charge < -0.3 is 0 Å². The Hall–Kier alpha value is 0. The van der Waals surface area contributed by atoms with Crippen molar-refractivity contribution in [3.05, 3.63) is 5.92 Å². The maximum Gasteiger partial charge on any atom is -0.0267 e. The molecule has 1 unspecified atom stereocenters. The Morgan fingerprint density at radius 2 is 1.62 bits per heavy atom. The van der Waals surface area contributed by atoms with E-state index in [1.54, 1.807) is 5.92 Å². The molecule has 0 aromatic carbocycles. The van der Waals surface area contributed by atoms with E-state index < -0.39 is 0 Å². The van der Waals surface area contributed by atoms with Gasteiger partial charge in [0.15, 0.2) is 0 Å². The van der Waals surface area contributed by atoms with Crippen LogP contribution in [0, 0.1) is 17.3 Å². The largest absolute Gasteiger partial charge is 0.0654 e. The van der Waals surface area contributed by atoms with E-state index in [2.05, 4.69) is 41.5 Å². The highest BCUT2D eigenvalue weighted by molar-refractivity contribution is 4.93. The summed E-state index contributed by atoms with van der Waals surface area (Å²) in [5.41, 5.74) is 0.451. The number of hydrogen-bond acceptors (Lipinski definition) is 0. The van der Waals surface area contributed by atoms with Crippen LogP contribution in [0.15, 0.2) is 0 Å². The third-order valence-corrected chi connectivity index (χ3v) is 2.84. The summed E-state index contributed by atoms with van der Waals surface area (Å²) >= 11 is 0. The number of rotatable bonds is 5. The van der Waals surface area contributed by atoms with Crippen molar-refractivity contribution >= 4 is 0 Å². The second-order valence-electron chi connectivity index (χ2n) is 5.49. The minimum absolute atomic E-state index is 0.451. The minimum atomic E-state index is 0.451. The van der Waals surface area contributed by atoms with Crippen molar-refractivity contribution in [1.29, 1.82) is 0 Å². The molecular formula is C13H27. The predicted molar refractivity (Wildman–Crippen MR) is 61.7 cm³/mol. The van der Waals surface area contributed by atoms with Crippen LogP contribution in [0.2, 0.25) is 0 Å². The van der Waals surface area contributed by atoms with Gasteiger partial charge in [-0.3, -0.25) is 0 Å². The van der Waals surface area contributed by atoms with E-state index in [0.29, 0.717) is 5.41 Å². The standard InChI is InChI=1S/C13H27/c1-7-8-9-10-12(11(2)3)13(4,5)6/h12H,7-10H2,1-6H3. The first kappa shape index (κ1) is 13.0. The second kappa shape index (κ2) is 5.67. The molecular weight excluding hydrogens is 156 g/mol. The van der Waals surface area contributed by atoms with Gasteiger partial charge in [0.05, 0.1) is 0 Å². The van der Waals surface area contributed by atoms with Crippen LogP contribution in [0.25, 0.3) is 0 Å². The number of unbranched alkanes of at least 4 members (excludes halogenated alkanes) is 2. The van der Waals surface area contributed by atoms with E-state index in [0.717, 1.165) is 5.92 Å². The zero-order chi connectivity index (χ0) is 10.5. The summed E-state index contributed by atoms with van der Waals surface area (Å²) in [4.78, 5) is 0. The molecule has 0 aromatic heterocycles. The topological polar surface area (TPSA) is 0 Å². The van der Waals surface area contributed by atoms with E-state index >= 15 is 0 Å². The molecule has 0 saturated carbocycles. The van der Waals surface area contributed by atoms with Gasteiger partial charge in [0.1, 0.15) is 0 Å². The maximum absolute atomic E-state index is 2.36. The SMILES string of the molecule is CCCCCC([C](C)C)C(C)(C)C. The molecule has 0 aliphatic heterocycles. The average molecular weight is 183 g/mol. The Kier molecular flexibility index (Phi) is 5.67. The van der Waals surface area contributed by atoms with Crippen molar-refractivity contribution in [3.63, 3.8) is 0 Å². The Morgan fingerprint density at radius 3 is 1.92 bits per heavy atom.